The van der Waals surface area contributed by atoms with Crippen molar-refractivity contribution in [1.29, 1.82) is 0 Å². The lowest BCUT2D eigenvalue weighted by Crippen LogP contribution is -2.46. The van der Waals surface area contributed by atoms with E-state index in [0.717, 1.165) is 83.2 Å². The molecule has 1 aromatic carbocycles. The van der Waals surface area contributed by atoms with Crippen LogP contribution in [-0.4, -0.2) is 59.6 Å². The first-order valence-electron chi connectivity index (χ1n) is 14.6. The summed E-state index contributed by atoms with van der Waals surface area (Å²) >= 11 is 1.74. The van der Waals surface area contributed by atoms with Crippen LogP contribution in [0.5, 0.6) is 0 Å². The maximum Gasteiger partial charge on any atom is 0.321 e. The Balaban J connectivity index is 1.14. The number of hydrogen-bond acceptors (Lipinski definition) is 4. The van der Waals surface area contributed by atoms with Crippen LogP contribution in [0.2, 0.25) is 0 Å². The van der Waals surface area contributed by atoms with Crippen molar-refractivity contribution in [2.24, 2.45) is 17.8 Å². The third-order valence-corrected chi connectivity index (χ3v) is 10.1. The van der Waals surface area contributed by atoms with E-state index in [1.807, 2.05) is 0 Å². The second kappa shape index (κ2) is 13.0. The first kappa shape index (κ1) is 27.7. The highest BCUT2D eigenvalue weighted by atomic mass is 32.1. The van der Waals surface area contributed by atoms with Crippen molar-refractivity contribution in [2.45, 2.75) is 76.2 Å². The summed E-state index contributed by atoms with van der Waals surface area (Å²) in [6.45, 7) is 4.95. The standard InChI is InChI=1S/C31H42F2N2O2S/c32-28-10-9-23(17-29(28)33)6-4-5-22-11-14-34(15-12-22)18-26-19-35(20-27(26)25-13-16-38-21-25)30(31(36)37)24-7-2-1-3-8-24/h9-10,13,16-17,21-22,24,26-27,30H,1-8,11-12,14-15,18-20H2,(H,36,37)/t26-,27+,30+/m0/s1. The number of benzene rings is 1. The molecule has 0 radical (unpaired) electrons. The van der Waals surface area contributed by atoms with Crippen molar-refractivity contribution in [3.63, 3.8) is 0 Å². The number of thiophene rings is 1. The van der Waals surface area contributed by atoms with E-state index in [1.54, 1.807) is 17.4 Å². The number of likely N-dealkylation sites (tertiary alicyclic amines) is 2. The summed E-state index contributed by atoms with van der Waals surface area (Å²) < 4.78 is 26.7. The number of carbonyl (C=O) groups is 1. The van der Waals surface area contributed by atoms with Crippen molar-refractivity contribution in [2.75, 3.05) is 32.7 Å². The van der Waals surface area contributed by atoms with Gasteiger partial charge in [-0.3, -0.25) is 9.69 Å². The third kappa shape index (κ3) is 6.83. The summed E-state index contributed by atoms with van der Waals surface area (Å²) in [4.78, 5) is 17.4. The van der Waals surface area contributed by atoms with Gasteiger partial charge in [-0.05, 0) is 109 Å². The molecule has 1 saturated carbocycles. The summed E-state index contributed by atoms with van der Waals surface area (Å²) in [6, 6.07) is 6.14. The quantitative estimate of drug-likeness (QED) is 0.357. The predicted octanol–water partition coefficient (Wildman–Crippen LogP) is 6.81. The molecule has 3 atom stereocenters. The minimum absolute atomic E-state index is 0.283. The van der Waals surface area contributed by atoms with E-state index in [4.69, 9.17) is 0 Å². The Kier molecular flexibility index (Phi) is 9.50. The van der Waals surface area contributed by atoms with Gasteiger partial charge in [-0.1, -0.05) is 31.7 Å². The van der Waals surface area contributed by atoms with E-state index < -0.39 is 17.6 Å². The molecule has 208 valence electrons. The second-order valence-corrected chi connectivity index (χ2v) is 12.7. The Morgan fingerprint density at radius 3 is 2.50 bits per heavy atom. The molecule has 3 heterocycles. The molecule has 2 saturated heterocycles. The largest absolute Gasteiger partial charge is 0.480 e. The smallest absolute Gasteiger partial charge is 0.321 e. The molecule has 0 bridgehead atoms. The summed E-state index contributed by atoms with van der Waals surface area (Å²) in [7, 11) is 0. The average molecular weight is 545 g/mol. The Hall–Kier alpha value is -1.83. The first-order valence-corrected chi connectivity index (χ1v) is 15.6. The van der Waals surface area contributed by atoms with Crippen molar-refractivity contribution in [1.82, 2.24) is 9.80 Å². The van der Waals surface area contributed by atoms with Crippen molar-refractivity contribution in [3.05, 3.63) is 57.8 Å². The number of carboxylic acid groups (broad SMARTS) is 1. The average Bonchev–Trinajstić information content (AvgIpc) is 3.58. The van der Waals surface area contributed by atoms with E-state index in [1.165, 1.54) is 37.0 Å². The van der Waals surface area contributed by atoms with Gasteiger partial charge in [-0.2, -0.15) is 11.3 Å². The van der Waals surface area contributed by atoms with Crippen LogP contribution in [0, 0.1) is 29.4 Å². The van der Waals surface area contributed by atoms with Crippen molar-refractivity contribution in [3.8, 4) is 0 Å². The molecule has 0 unspecified atom stereocenters. The molecule has 2 aromatic rings. The number of hydrogen-bond donors (Lipinski definition) is 1. The summed E-state index contributed by atoms with van der Waals surface area (Å²) in [5.41, 5.74) is 2.25. The molecule has 38 heavy (non-hydrogen) atoms. The van der Waals surface area contributed by atoms with Crippen LogP contribution >= 0.6 is 11.3 Å². The summed E-state index contributed by atoms with van der Waals surface area (Å²) in [5, 5.41) is 14.6. The van der Waals surface area contributed by atoms with Gasteiger partial charge in [-0.15, -0.1) is 0 Å². The van der Waals surface area contributed by atoms with Crippen LogP contribution in [0.3, 0.4) is 0 Å². The lowest BCUT2D eigenvalue weighted by molar-refractivity contribution is -0.145. The zero-order valence-corrected chi connectivity index (χ0v) is 23.2. The van der Waals surface area contributed by atoms with Crippen LogP contribution in [0.1, 0.15) is 74.8 Å². The topological polar surface area (TPSA) is 43.8 Å². The minimum Gasteiger partial charge on any atom is -0.480 e. The molecule has 3 fully saturated rings. The first-order chi connectivity index (χ1) is 18.5. The van der Waals surface area contributed by atoms with E-state index in [-0.39, 0.29) is 12.0 Å². The van der Waals surface area contributed by atoms with Gasteiger partial charge >= 0.3 is 5.97 Å². The Labute approximate surface area is 230 Å². The van der Waals surface area contributed by atoms with Crippen molar-refractivity contribution < 1.29 is 18.7 Å². The summed E-state index contributed by atoms with van der Waals surface area (Å²) in [6.07, 6.45) is 10.9. The van der Waals surface area contributed by atoms with E-state index in [9.17, 15) is 18.7 Å². The molecule has 5 rings (SSSR count). The van der Waals surface area contributed by atoms with E-state index in [2.05, 4.69) is 26.6 Å². The van der Waals surface area contributed by atoms with Gasteiger partial charge in [0, 0.05) is 25.6 Å². The molecule has 0 amide bonds. The zero-order valence-electron chi connectivity index (χ0n) is 22.4. The van der Waals surface area contributed by atoms with Gasteiger partial charge in [0.2, 0.25) is 0 Å². The van der Waals surface area contributed by atoms with Gasteiger partial charge < -0.3 is 10.0 Å². The van der Waals surface area contributed by atoms with Gasteiger partial charge in [0.05, 0.1) is 0 Å². The number of halogens is 2. The van der Waals surface area contributed by atoms with E-state index >= 15 is 0 Å². The molecule has 1 aliphatic carbocycles. The van der Waals surface area contributed by atoms with Gasteiger partial charge in [0.25, 0.3) is 0 Å². The molecule has 1 N–H and O–H groups in total. The summed E-state index contributed by atoms with van der Waals surface area (Å²) in [5.74, 6) is -0.334. The number of aliphatic carboxylic acids is 1. The van der Waals surface area contributed by atoms with E-state index in [0.29, 0.717) is 17.8 Å². The molecular weight excluding hydrogens is 502 g/mol. The number of piperidine rings is 1. The number of aryl methyl sites for hydroxylation is 1. The number of nitrogens with zero attached hydrogens (tertiary/aromatic N) is 2. The molecule has 4 nitrogen and oxygen atoms in total. The Bertz CT molecular complexity index is 1030. The predicted molar refractivity (Wildman–Crippen MR) is 149 cm³/mol. The maximum absolute atomic E-state index is 13.5. The zero-order chi connectivity index (χ0) is 26.5. The fourth-order valence-corrected chi connectivity index (χ4v) is 8.09. The monoisotopic (exact) mass is 544 g/mol. The molecule has 1 aromatic heterocycles. The highest BCUT2D eigenvalue weighted by molar-refractivity contribution is 7.08. The highest BCUT2D eigenvalue weighted by Gasteiger charge is 2.43. The van der Waals surface area contributed by atoms with Crippen LogP contribution in [0.25, 0.3) is 0 Å². The SMILES string of the molecule is O=C(O)[C@@H](C1CCCCC1)N1C[C@H](CN2CCC(CCCc3ccc(F)c(F)c3)CC2)[C@@H](c2ccsc2)C1. The fraction of sp³-hybridized carbons (Fsp3) is 0.645. The van der Waals surface area contributed by atoms with Crippen LogP contribution in [0.15, 0.2) is 35.0 Å². The van der Waals surface area contributed by atoms with Gasteiger partial charge in [0.1, 0.15) is 6.04 Å². The Morgan fingerprint density at radius 2 is 1.82 bits per heavy atom. The van der Waals surface area contributed by atoms with Crippen LogP contribution < -0.4 is 0 Å². The molecule has 7 heteroatoms. The molecule has 0 spiro atoms. The lowest BCUT2D eigenvalue weighted by atomic mass is 9.83. The minimum atomic E-state index is -0.778. The van der Waals surface area contributed by atoms with Gasteiger partial charge in [0.15, 0.2) is 11.6 Å². The molecule has 2 aliphatic heterocycles. The number of carboxylic acids is 1. The normalized spacial score (nSPS) is 25.1. The van der Waals surface area contributed by atoms with Crippen LogP contribution in [0.4, 0.5) is 8.78 Å². The molecular formula is C31H42F2N2O2S. The molecule has 3 aliphatic rings. The second-order valence-electron chi connectivity index (χ2n) is 11.9. The highest BCUT2D eigenvalue weighted by Crippen LogP contribution is 2.39. The fourth-order valence-electron chi connectivity index (χ4n) is 7.37. The number of rotatable bonds is 10. The third-order valence-electron chi connectivity index (χ3n) is 9.45. The lowest BCUT2D eigenvalue weighted by Gasteiger charge is -2.35. The Morgan fingerprint density at radius 1 is 1.03 bits per heavy atom. The van der Waals surface area contributed by atoms with Crippen molar-refractivity contribution >= 4 is 17.3 Å². The van der Waals surface area contributed by atoms with Gasteiger partial charge in [-0.25, -0.2) is 8.78 Å². The maximum atomic E-state index is 13.5. The van der Waals surface area contributed by atoms with Crippen LogP contribution in [-0.2, 0) is 11.2 Å².